The Bertz CT molecular complexity index is 1150. The molecule has 0 saturated carbocycles. The van der Waals surface area contributed by atoms with Crippen LogP contribution >= 0.6 is 0 Å². The summed E-state index contributed by atoms with van der Waals surface area (Å²) in [5.74, 6) is -0.331. The van der Waals surface area contributed by atoms with Crippen LogP contribution in [-0.2, 0) is 4.79 Å². The minimum atomic E-state index is -0.731. The maximum atomic E-state index is 12.6. The smallest absolute Gasteiger partial charge is 0.420 e. The highest BCUT2D eigenvalue weighted by Crippen LogP contribution is 2.22. The number of rotatable bonds is 3. The van der Waals surface area contributed by atoms with Crippen molar-refractivity contribution in [3.05, 3.63) is 58.9 Å². The molecule has 0 aliphatic rings. The van der Waals surface area contributed by atoms with Crippen molar-refractivity contribution < 1.29 is 13.6 Å². The molecule has 7 nitrogen and oxygen atoms in total. The lowest BCUT2D eigenvalue weighted by atomic mass is 10.2. The second kappa shape index (κ2) is 5.62. The van der Waals surface area contributed by atoms with E-state index in [0.29, 0.717) is 33.8 Å². The van der Waals surface area contributed by atoms with Gasteiger partial charge < -0.3 is 14.2 Å². The highest BCUT2D eigenvalue weighted by Gasteiger charge is 2.21. The van der Waals surface area contributed by atoms with Crippen LogP contribution in [0.15, 0.2) is 56.1 Å². The van der Waals surface area contributed by atoms with Crippen LogP contribution < -0.4 is 11.1 Å². The largest absolute Gasteiger partial charge is 0.441 e. The fraction of sp³-hybridized carbons (Fsp3) is 0.167. The molecule has 2 heterocycles. The van der Waals surface area contributed by atoms with E-state index in [9.17, 15) is 9.59 Å². The maximum absolute atomic E-state index is 12.6. The quantitative estimate of drug-likeness (QED) is 0.620. The van der Waals surface area contributed by atoms with E-state index in [1.807, 2.05) is 0 Å². The highest BCUT2D eigenvalue weighted by molar-refractivity contribution is 5.95. The Labute approximate surface area is 141 Å². The van der Waals surface area contributed by atoms with Crippen LogP contribution in [0.25, 0.3) is 22.2 Å². The number of nitrogens with zero attached hydrogens (tertiary/aromatic N) is 2. The first kappa shape index (κ1) is 15.2. The summed E-state index contributed by atoms with van der Waals surface area (Å²) in [5, 5.41) is 2.80. The molecular formula is C18H15N3O4. The zero-order valence-corrected chi connectivity index (χ0v) is 13.6. The number of para-hydroxylation sites is 2. The minimum Gasteiger partial charge on any atom is -0.441 e. The number of hydrogen-bond donors (Lipinski definition) is 1. The van der Waals surface area contributed by atoms with Gasteiger partial charge in [0.1, 0.15) is 11.6 Å². The molecule has 0 bridgehead atoms. The average molecular weight is 337 g/mol. The van der Waals surface area contributed by atoms with Crippen LogP contribution in [0.1, 0.15) is 18.9 Å². The van der Waals surface area contributed by atoms with Crippen molar-refractivity contribution in [1.82, 2.24) is 9.55 Å². The van der Waals surface area contributed by atoms with Gasteiger partial charge >= 0.3 is 5.76 Å². The van der Waals surface area contributed by atoms with Crippen molar-refractivity contribution in [2.24, 2.45) is 0 Å². The second-order valence-electron chi connectivity index (χ2n) is 5.79. The summed E-state index contributed by atoms with van der Waals surface area (Å²) in [4.78, 5) is 28.9. The molecule has 0 saturated heterocycles. The molecule has 0 spiro atoms. The molecule has 4 rings (SSSR count). The van der Waals surface area contributed by atoms with Gasteiger partial charge in [0, 0.05) is 12.6 Å². The van der Waals surface area contributed by atoms with Crippen LogP contribution in [0.2, 0.25) is 0 Å². The minimum absolute atomic E-state index is 0.326. The van der Waals surface area contributed by atoms with E-state index < -0.39 is 11.8 Å². The summed E-state index contributed by atoms with van der Waals surface area (Å²) < 4.78 is 11.9. The van der Waals surface area contributed by atoms with Gasteiger partial charge in [-0.3, -0.25) is 9.36 Å². The summed E-state index contributed by atoms with van der Waals surface area (Å²) in [6, 6.07) is 11.5. The van der Waals surface area contributed by atoms with E-state index in [4.69, 9.17) is 8.83 Å². The Balaban J connectivity index is 1.65. The standard InChI is InChI=1S/C18H15N3O4/c1-10(21-14-5-3-4-6-16(14)25-18(21)23)17(22)20-12-7-8-15-13(9-12)19-11(2)24-15/h3-10H,1-2H3,(H,20,22). The van der Waals surface area contributed by atoms with Crippen molar-refractivity contribution in [3.63, 3.8) is 0 Å². The summed E-state index contributed by atoms with van der Waals surface area (Å²) in [7, 11) is 0. The molecule has 7 heteroatoms. The molecule has 0 radical (unpaired) electrons. The third kappa shape index (κ3) is 2.59. The monoisotopic (exact) mass is 337 g/mol. The van der Waals surface area contributed by atoms with Crippen molar-refractivity contribution in [2.75, 3.05) is 5.32 Å². The van der Waals surface area contributed by atoms with Gasteiger partial charge in [0.15, 0.2) is 17.1 Å². The molecule has 4 aromatic rings. The molecule has 0 aliphatic heterocycles. The molecule has 0 aliphatic carbocycles. The van der Waals surface area contributed by atoms with Crippen molar-refractivity contribution >= 4 is 33.8 Å². The summed E-state index contributed by atoms with van der Waals surface area (Å²) >= 11 is 0. The molecule has 1 atom stereocenters. The van der Waals surface area contributed by atoms with Gasteiger partial charge in [0.05, 0.1) is 5.52 Å². The number of carbonyl (C=O) groups is 1. The molecule has 1 N–H and O–H groups in total. The van der Waals surface area contributed by atoms with Crippen molar-refractivity contribution in [1.29, 1.82) is 0 Å². The van der Waals surface area contributed by atoms with E-state index in [0.717, 1.165) is 0 Å². The Morgan fingerprint density at radius 3 is 2.80 bits per heavy atom. The number of benzene rings is 2. The first-order valence-corrected chi connectivity index (χ1v) is 7.81. The highest BCUT2D eigenvalue weighted by atomic mass is 16.4. The lowest BCUT2D eigenvalue weighted by molar-refractivity contribution is -0.118. The van der Waals surface area contributed by atoms with Crippen molar-refractivity contribution in [3.8, 4) is 0 Å². The average Bonchev–Trinajstić information content (AvgIpc) is 3.11. The molecule has 126 valence electrons. The van der Waals surface area contributed by atoms with Crippen molar-refractivity contribution in [2.45, 2.75) is 19.9 Å². The number of hydrogen-bond acceptors (Lipinski definition) is 5. The predicted octanol–water partition coefficient (Wildman–Crippen LogP) is 3.24. The molecule has 25 heavy (non-hydrogen) atoms. The lowest BCUT2D eigenvalue weighted by Crippen LogP contribution is -2.29. The van der Waals surface area contributed by atoms with E-state index in [-0.39, 0.29) is 5.91 Å². The number of amides is 1. The normalized spacial score (nSPS) is 12.6. The van der Waals surface area contributed by atoms with Gasteiger partial charge in [-0.1, -0.05) is 12.1 Å². The third-order valence-corrected chi connectivity index (χ3v) is 4.05. The van der Waals surface area contributed by atoms with Gasteiger partial charge in [-0.25, -0.2) is 9.78 Å². The molecule has 2 aromatic carbocycles. The van der Waals surface area contributed by atoms with Crippen LogP contribution in [0.4, 0.5) is 5.69 Å². The Morgan fingerprint density at radius 1 is 1.16 bits per heavy atom. The Kier molecular flexibility index (Phi) is 3.42. The van der Waals surface area contributed by atoms with Crippen LogP contribution in [0, 0.1) is 6.92 Å². The van der Waals surface area contributed by atoms with E-state index in [2.05, 4.69) is 10.3 Å². The molecule has 0 fully saturated rings. The first-order valence-electron chi connectivity index (χ1n) is 7.81. The van der Waals surface area contributed by atoms with Gasteiger partial charge in [0.2, 0.25) is 5.91 Å². The van der Waals surface area contributed by atoms with E-state index in [1.54, 1.807) is 56.3 Å². The lowest BCUT2D eigenvalue weighted by Gasteiger charge is -2.13. The summed E-state index contributed by atoms with van der Waals surface area (Å²) in [6.45, 7) is 3.41. The number of oxazole rings is 2. The van der Waals surface area contributed by atoms with Crippen LogP contribution in [0.3, 0.4) is 0 Å². The second-order valence-corrected chi connectivity index (χ2v) is 5.79. The first-order chi connectivity index (χ1) is 12.0. The fourth-order valence-corrected chi connectivity index (χ4v) is 2.84. The maximum Gasteiger partial charge on any atom is 0.420 e. The van der Waals surface area contributed by atoms with Gasteiger partial charge in [-0.15, -0.1) is 0 Å². The van der Waals surface area contributed by atoms with Crippen LogP contribution in [-0.4, -0.2) is 15.5 Å². The van der Waals surface area contributed by atoms with Gasteiger partial charge in [-0.2, -0.15) is 0 Å². The SMILES string of the molecule is Cc1nc2cc(NC(=O)C(C)n3c(=O)oc4ccccc43)ccc2o1. The number of fused-ring (bicyclic) bond motifs is 2. The summed E-state index contributed by atoms with van der Waals surface area (Å²) in [5.41, 5.74) is 2.93. The van der Waals surface area contributed by atoms with Gasteiger partial charge in [0.25, 0.3) is 0 Å². The van der Waals surface area contributed by atoms with E-state index in [1.165, 1.54) is 4.57 Å². The van der Waals surface area contributed by atoms with E-state index >= 15 is 0 Å². The number of anilines is 1. The zero-order chi connectivity index (χ0) is 17.6. The van der Waals surface area contributed by atoms with Crippen LogP contribution in [0.5, 0.6) is 0 Å². The topological polar surface area (TPSA) is 90.3 Å². The number of carbonyl (C=O) groups excluding carboxylic acids is 1. The molecule has 1 amide bonds. The van der Waals surface area contributed by atoms with Gasteiger partial charge in [-0.05, 0) is 37.3 Å². The fourth-order valence-electron chi connectivity index (χ4n) is 2.84. The molecule has 2 aromatic heterocycles. The number of aromatic nitrogens is 2. The third-order valence-electron chi connectivity index (χ3n) is 4.05. The molecule has 1 unspecified atom stereocenters. The number of nitrogens with one attached hydrogen (secondary N) is 1. The summed E-state index contributed by atoms with van der Waals surface area (Å²) in [6.07, 6.45) is 0. The Hall–Kier alpha value is -3.35. The predicted molar refractivity (Wildman–Crippen MR) is 92.6 cm³/mol. The molecular weight excluding hydrogens is 322 g/mol. The number of aryl methyl sites for hydroxylation is 1. The zero-order valence-electron chi connectivity index (χ0n) is 13.6. The Morgan fingerprint density at radius 2 is 1.96 bits per heavy atom.